The minimum absolute atomic E-state index is 0.271. The zero-order chi connectivity index (χ0) is 13.8. The molecule has 18 heavy (non-hydrogen) atoms. The number of nitrogens with zero attached hydrogens (tertiary/aromatic N) is 1. The third-order valence-electron chi connectivity index (χ3n) is 5.10. The van der Waals surface area contributed by atoms with Crippen LogP contribution in [-0.4, -0.2) is 30.1 Å². The van der Waals surface area contributed by atoms with Crippen molar-refractivity contribution in [3.05, 3.63) is 0 Å². The highest BCUT2D eigenvalue weighted by molar-refractivity contribution is 4.97. The van der Waals surface area contributed by atoms with E-state index in [2.05, 4.69) is 39.6 Å². The fourth-order valence-electron chi connectivity index (χ4n) is 3.77. The van der Waals surface area contributed by atoms with E-state index in [1.807, 2.05) is 0 Å². The van der Waals surface area contributed by atoms with Crippen LogP contribution in [0, 0.1) is 11.8 Å². The molecule has 0 radical (unpaired) electrons. The summed E-state index contributed by atoms with van der Waals surface area (Å²) < 4.78 is 0. The third-order valence-corrected chi connectivity index (χ3v) is 5.10. The van der Waals surface area contributed by atoms with Gasteiger partial charge in [-0.05, 0) is 45.1 Å². The van der Waals surface area contributed by atoms with Gasteiger partial charge in [0.2, 0.25) is 0 Å². The van der Waals surface area contributed by atoms with Gasteiger partial charge in [-0.1, -0.05) is 40.0 Å². The van der Waals surface area contributed by atoms with E-state index in [1.165, 1.54) is 38.5 Å². The topological polar surface area (TPSA) is 29.3 Å². The molecule has 0 saturated heterocycles. The summed E-state index contributed by atoms with van der Waals surface area (Å²) in [7, 11) is 2.30. The molecule has 3 atom stereocenters. The van der Waals surface area contributed by atoms with Crippen LogP contribution in [-0.2, 0) is 0 Å². The highest BCUT2D eigenvalue weighted by Gasteiger charge is 2.39. The molecular formula is C16H34N2. The summed E-state index contributed by atoms with van der Waals surface area (Å²) >= 11 is 0. The van der Waals surface area contributed by atoms with E-state index in [-0.39, 0.29) is 5.54 Å². The predicted octanol–water partition coefficient (Wildman–Crippen LogP) is 3.65. The van der Waals surface area contributed by atoms with Crippen LogP contribution in [0.4, 0.5) is 0 Å². The lowest BCUT2D eigenvalue weighted by atomic mass is 9.73. The number of likely N-dealkylation sites (N-methyl/N-ethyl adjacent to an activating group) is 1. The zero-order valence-corrected chi connectivity index (χ0v) is 13.2. The first-order valence-corrected chi connectivity index (χ1v) is 7.88. The Morgan fingerprint density at radius 1 is 1.33 bits per heavy atom. The van der Waals surface area contributed by atoms with E-state index >= 15 is 0 Å². The Labute approximate surface area is 114 Å². The molecule has 1 aliphatic carbocycles. The Morgan fingerprint density at radius 3 is 2.50 bits per heavy atom. The maximum atomic E-state index is 6.18. The summed E-state index contributed by atoms with van der Waals surface area (Å²) in [6, 6.07) is 0.643. The summed E-state index contributed by atoms with van der Waals surface area (Å²) in [6.07, 6.45) is 7.94. The standard InChI is InChI=1S/C16H34N2/c1-6-15-8-7-9-16(11-15,12-17)18(5)14(4)10-13(2)3/h13-15H,6-12,17H2,1-5H3. The van der Waals surface area contributed by atoms with Crippen molar-refractivity contribution in [3.63, 3.8) is 0 Å². The first-order valence-electron chi connectivity index (χ1n) is 7.88. The minimum Gasteiger partial charge on any atom is -0.329 e. The molecule has 0 heterocycles. The molecule has 0 aromatic carbocycles. The molecule has 3 unspecified atom stereocenters. The van der Waals surface area contributed by atoms with Crippen molar-refractivity contribution in [1.82, 2.24) is 4.90 Å². The van der Waals surface area contributed by atoms with E-state index in [9.17, 15) is 0 Å². The smallest absolute Gasteiger partial charge is 0.0334 e. The maximum Gasteiger partial charge on any atom is 0.0334 e. The number of rotatable bonds is 6. The quantitative estimate of drug-likeness (QED) is 0.784. The number of nitrogens with two attached hydrogens (primary N) is 1. The normalized spacial score (nSPS) is 31.0. The van der Waals surface area contributed by atoms with Crippen LogP contribution < -0.4 is 5.73 Å². The molecule has 1 aliphatic rings. The molecule has 0 aromatic rings. The lowest BCUT2D eigenvalue weighted by Crippen LogP contribution is -2.57. The van der Waals surface area contributed by atoms with Gasteiger partial charge in [0.05, 0.1) is 0 Å². The van der Waals surface area contributed by atoms with E-state index in [0.29, 0.717) is 6.04 Å². The lowest BCUT2D eigenvalue weighted by Gasteiger charge is -2.49. The molecule has 2 heteroatoms. The summed E-state index contributed by atoms with van der Waals surface area (Å²) in [5, 5.41) is 0. The van der Waals surface area contributed by atoms with Crippen LogP contribution in [0.1, 0.15) is 66.2 Å². The second kappa shape index (κ2) is 6.91. The minimum atomic E-state index is 0.271. The number of hydrogen-bond donors (Lipinski definition) is 1. The molecule has 0 aromatic heterocycles. The van der Waals surface area contributed by atoms with Crippen molar-refractivity contribution in [2.45, 2.75) is 77.8 Å². The van der Waals surface area contributed by atoms with Crippen LogP contribution in [0.2, 0.25) is 0 Å². The summed E-state index contributed by atoms with van der Waals surface area (Å²) in [5.74, 6) is 1.65. The van der Waals surface area contributed by atoms with Crippen molar-refractivity contribution in [2.75, 3.05) is 13.6 Å². The molecular weight excluding hydrogens is 220 g/mol. The average Bonchev–Trinajstić information content (AvgIpc) is 2.36. The second-order valence-electron chi connectivity index (χ2n) is 6.89. The Bertz CT molecular complexity index is 239. The van der Waals surface area contributed by atoms with Gasteiger partial charge in [0.25, 0.3) is 0 Å². The van der Waals surface area contributed by atoms with Crippen molar-refractivity contribution in [3.8, 4) is 0 Å². The van der Waals surface area contributed by atoms with E-state index in [1.54, 1.807) is 0 Å². The highest BCUT2D eigenvalue weighted by Crippen LogP contribution is 2.38. The highest BCUT2D eigenvalue weighted by atomic mass is 15.2. The van der Waals surface area contributed by atoms with Gasteiger partial charge in [0, 0.05) is 18.1 Å². The van der Waals surface area contributed by atoms with Gasteiger partial charge in [0.15, 0.2) is 0 Å². The molecule has 2 nitrogen and oxygen atoms in total. The average molecular weight is 254 g/mol. The van der Waals surface area contributed by atoms with Gasteiger partial charge in [-0.25, -0.2) is 0 Å². The zero-order valence-electron chi connectivity index (χ0n) is 13.2. The van der Waals surface area contributed by atoms with Crippen molar-refractivity contribution in [1.29, 1.82) is 0 Å². The van der Waals surface area contributed by atoms with Crippen LogP contribution >= 0.6 is 0 Å². The summed E-state index contributed by atoms with van der Waals surface area (Å²) in [5.41, 5.74) is 6.45. The Kier molecular flexibility index (Phi) is 6.13. The van der Waals surface area contributed by atoms with Gasteiger partial charge in [-0.3, -0.25) is 4.90 Å². The summed E-state index contributed by atoms with van der Waals surface area (Å²) in [4.78, 5) is 2.61. The number of hydrogen-bond acceptors (Lipinski definition) is 2. The Balaban J connectivity index is 2.73. The Morgan fingerprint density at radius 2 is 2.00 bits per heavy atom. The molecule has 0 bridgehead atoms. The van der Waals surface area contributed by atoms with Crippen LogP contribution in [0.15, 0.2) is 0 Å². The fraction of sp³-hybridized carbons (Fsp3) is 1.00. The van der Waals surface area contributed by atoms with Crippen molar-refractivity contribution >= 4 is 0 Å². The fourth-order valence-corrected chi connectivity index (χ4v) is 3.77. The van der Waals surface area contributed by atoms with Gasteiger partial charge >= 0.3 is 0 Å². The first-order chi connectivity index (χ1) is 8.45. The van der Waals surface area contributed by atoms with E-state index in [0.717, 1.165) is 18.4 Å². The van der Waals surface area contributed by atoms with Gasteiger partial charge in [-0.15, -0.1) is 0 Å². The SMILES string of the molecule is CCC1CCCC(CN)(N(C)C(C)CC(C)C)C1. The van der Waals surface area contributed by atoms with Gasteiger partial charge in [-0.2, -0.15) is 0 Å². The molecule has 0 amide bonds. The van der Waals surface area contributed by atoms with Crippen LogP contribution in [0.25, 0.3) is 0 Å². The van der Waals surface area contributed by atoms with Crippen molar-refractivity contribution < 1.29 is 0 Å². The monoisotopic (exact) mass is 254 g/mol. The Hall–Kier alpha value is -0.0800. The molecule has 1 fully saturated rings. The molecule has 108 valence electrons. The largest absolute Gasteiger partial charge is 0.329 e. The van der Waals surface area contributed by atoms with Crippen LogP contribution in [0.5, 0.6) is 0 Å². The van der Waals surface area contributed by atoms with Gasteiger partial charge in [0.1, 0.15) is 0 Å². The summed E-state index contributed by atoms with van der Waals surface area (Å²) in [6.45, 7) is 10.1. The van der Waals surface area contributed by atoms with E-state index < -0.39 is 0 Å². The third kappa shape index (κ3) is 3.71. The molecule has 0 aliphatic heterocycles. The first kappa shape index (κ1) is 16.0. The molecule has 2 N–H and O–H groups in total. The molecule has 1 rings (SSSR count). The van der Waals surface area contributed by atoms with E-state index in [4.69, 9.17) is 5.73 Å². The van der Waals surface area contributed by atoms with Crippen molar-refractivity contribution in [2.24, 2.45) is 17.6 Å². The predicted molar refractivity (Wildman–Crippen MR) is 80.7 cm³/mol. The van der Waals surface area contributed by atoms with Gasteiger partial charge < -0.3 is 5.73 Å². The maximum absolute atomic E-state index is 6.18. The molecule has 0 spiro atoms. The lowest BCUT2D eigenvalue weighted by molar-refractivity contribution is 0.0223. The second-order valence-corrected chi connectivity index (χ2v) is 6.89. The molecule has 1 saturated carbocycles. The van der Waals surface area contributed by atoms with Crippen LogP contribution in [0.3, 0.4) is 0 Å².